The molecule has 1 aliphatic heterocycles. The van der Waals surface area contributed by atoms with Crippen LogP contribution in [0.25, 0.3) is 6.08 Å². The zero-order valence-corrected chi connectivity index (χ0v) is 21.9. The van der Waals surface area contributed by atoms with Crippen molar-refractivity contribution in [1.82, 2.24) is 0 Å². The first kappa shape index (κ1) is 30.6. The number of rotatable bonds is 10. The molecule has 2 aromatic rings. The van der Waals surface area contributed by atoms with Gasteiger partial charge in [-0.2, -0.15) is 44.1 Å². The highest BCUT2D eigenvalue weighted by Gasteiger charge is 2.81. The second-order valence-electron chi connectivity index (χ2n) is 10.1. The van der Waals surface area contributed by atoms with Crippen LogP contribution in [0.15, 0.2) is 54.6 Å². The van der Waals surface area contributed by atoms with Gasteiger partial charge in [0.05, 0.1) is 11.8 Å². The van der Waals surface area contributed by atoms with Gasteiger partial charge in [0, 0.05) is 37.0 Å². The minimum atomic E-state index is -6.91. The average molecular weight is 566 g/mol. The maximum atomic E-state index is 14.4. The lowest BCUT2D eigenvalue weighted by molar-refractivity contribution is -0.454. The lowest BCUT2D eigenvalue weighted by atomic mass is 9.81. The monoisotopic (exact) mass is 565 g/mol. The first-order valence-electron chi connectivity index (χ1n) is 12.3. The average Bonchev–Trinajstić information content (AvgIpc) is 3.07. The molecule has 0 atom stereocenters. The Bertz CT molecular complexity index is 1230. The fourth-order valence-electron chi connectivity index (χ4n) is 4.68. The lowest BCUT2D eigenvalue weighted by Gasteiger charge is -2.33. The Labute approximate surface area is 221 Å². The predicted molar refractivity (Wildman–Crippen MR) is 134 cm³/mol. The molecule has 39 heavy (non-hydrogen) atoms. The van der Waals surface area contributed by atoms with E-state index in [9.17, 15) is 39.5 Å². The topological polar surface area (TPSA) is 6.25 Å². The van der Waals surface area contributed by atoms with Crippen LogP contribution in [0.1, 0.15) is 44.7 Å². The van der Waals surface area contributed by atoms with Crippen molar-refractivity contribution in [2.75, 3.05) is 25.0 Å². The molecule has 11 heteroatoms. The number of para-hydroxylation sites is 1. The van der Waals surface area contributed by atoms with E-state index in [1.165, 1.54) is 4.58 Å². The number of anilines is 1. The van der Waals surface area contributed by atoms with E-state index >= 15 is 0 Å². The van der Waals surface area contributed by atoms with E-state index in [1.54, 1.807) is 50.3 Å². The summed E-state index contributed by atoms with van der Waals surface area (Å²) in [6.07, 6.45) is -4.51. The Kier molecular flexibility index (Phi) is 8.26. The van der Waals surface area contributed by atoms with Gasteiger partial charge in [-0.1, -0.05) is 37.3 Å². The highest BCUT2D eigenvalue weighted by Crippen LogP contribution is 2.54. The molecule has 1 heterocycles. The standard InChI is InChI=1S/C28H30F9N2/c1-5-17-38(4)20-13-10-19(11-14-20)12-15-23-24(2,3)21-8-6-7-9-22(21)39(23)18-16-25(29,30)26(31,32)27(33,34)28(35,36)37/h6-15H,5,16-18H2,1-4H3/q+1. The zero-order valence-electron chi connectivity index (χ0n) is 21.9. The number of hydrogen-bond acceptors (Lipinski definition) is 1. The first-order chi connectivity index (χ1) is 17.9. The molecule has 0 N–H and O–H groups in total. The molecule has 2 aromatic carbocycles. The van der Waals surface area contributed by atoms with Crippen LogP contribution in [0.5, 0.6) is 0 Å². The fraction of sp³-hybridized carbons (Fsp3) is 0.464. The summed E-state index contributed by atoms with van der Waals surface area (Å²) < 4.78 is 122. The normalized spacial score (nSPS) is 16.2. The van der Waals surface area contributed by atoms with Gasteiger partial charge in [0.25, 0.3) is 0 Å². The molecule has 0 amide bonds. The number of benzene rings is 2. The molecule has 0 bridgehead atoms. The van der Waals surface area contributed by atoms with E-state index in [0.717, 1.165) is 24.2 Å². The Balaban J connectivity index is 1.97. The molecular weight excluding hydrogens is 535 g/mol. The van der Waals surface area contributed by atoms with Crippen LogP contribution >= 0.6 is 0 Å². The minimum Gasteiger partial charge on any atom is -0.375 e. The summed E-state index contributed by atoms with van der Waals surface area (Å²) >= 11 is 0. The highest BCUT2D eigenvalue weighted by atomic mass is 19.4. The molecule has 0 unspecified atom stereocenters. The molecule has 0 saturated heterocycles. The summed E-state index contributed by atoms with van der Waals surface area (Å²) in [5.41, 5.74) is 2.37. The molecule has 3 rings (SSSR count). The quantitative estimate of drug-likeness (QED) is 0.207. The summed E-state index contributed by atoms with van der Waals surface area (Å²) in [4.78, 5) is 2.07. The van der Waals surface area contributed by atoms with Crippen molar-refractivity contribution >= 4 is 23.2 Å². The van der Waals surface area contributed by atoms with Gasteiger partial charge in [0.15, 0.2) is 12.3 Å². The van der Waals surface area contributed by atoms with E-state index in [1.807, 2.05) is 31.3 Å². The molecule has 0 aromatic heterocycles. The SMILES string of the molecule is CCCN(C)c1ccc(/C=C/C2=[N+](CCC(F)(F)C(F)(F)C(F)(F)C(F)(F)F)c3ccccc3C2(C)C)cc1. The van der Waals surface area contributed by atoms with Crippen LogP contribution in [0.2, 0.25) is 0 Å². The van der Waals surface area contributed by atoms with Crippen molar-refractivity contribution in [2.45, 2.75) is 63.0 Å². The number of allylic oxidation sites excluding steroid dienone is 1. The number of hydrogen-bond donors (Lipinski definition) is 0. The number of halogens is 9. The third kappa shape index (κ3) is 5.54. The smallest absolute Gasteiger partial charge is 0.375 e. The van der Waals surface area contributed by atoms with Gasteiger partial charge >= 0.3 is 23.9 Å². The molecule has 0 saturated carbocycles. The molecule has 1 aliphatic rings. The van der Waals surface area contributed by atoms with Crippen LogP contribution in [0.4, 0.5) is 50.9 Å². The zero-order chi connectivity index (χ0) is 29.4. The van der Waals surface area contributed by atoms with Gasteiger partial charge in [0.1, 0.15) is 0 Å². The number of alkyl halides is 9. The molecule has 0 fully saturated rings. The molecular formula is C28H30F9N2+. The van der Waals surface area contributed by atoms with Crippen LogP contribution in [0, 0.1) is 0 Å². The minimum absolute atomic E-state index is 0.375. The van der Waals surface area contributed by atoms with Crippen molar-refractivity contribution < 1.29 is 44.1 Å². The fourth-order valence-corrected chi connectivity index (χ4v) is 4.68. The third-order valence-corrected chi connectivity index (χ3v) is 6.98. The summed E-state index contributed by atoms with van der Waals surface area (Å²) in [6.45, 7) is 5.54. The summed E-state index contributed by atoms with van der Waals surface area (Å²) in [7, 11) is 1.95. The van der Waals surface area contributed by atoms with Crippen LogP contribution in [-0.4, -0.2) is 54.4 Å². The van der Waals surface area contributed by atoms with E-state index in [2.05, 4.69) is 11.8 Å². The van der Waals surface area contributed by atoms with Gasteiger partial charge in [-0.25, -0.2) is 0 Å². The van der Waals surface area contributed by atoms with Gasteiger partial charge in [-0.3, -0.25) is 0 Å². The highest BCUT2D eigenvalue weighted by molar-refractivity contribution is 6.05. The van der Waals surface area contributed by atoms with Gasteiger partial charge in [-0.15, -0.1) is 0 Å². The van der Waals surface area contributed by atoms with Gasteiger partial charge in [-0.05, 0) is 44.0 Å². The predicted octanol–water partition coefficient (Wildman–Crippen LogP) is 8.48. The van der Waals surface area contributed by atoms with Crippen LogP contribution in [0.3, 0.4) is 0 Å². The van der Waals surface area contributed by atoms with Crippen molar-refractivity contribution in [3.63, 3.8) is 0 Å². The molecule has 0 aliphatic carbocycles. The van der Waals surface area contributed by atoms with E-state index in [4.69, 9.17) is 0 Å². The Hall–Kier alpha value is -2.98. The summed E-state index contributed by atoms with van der Waals surface area (Å²) in [5.74, 6) is -19.2. The largest absolute Gasteiger partial charge is 0.460 e. The molecule has 214 valence electrons. The van der Waals surface area contributed by atoms with E-state index in [-0.39, 0.29) is 0 Å². The first-order valence-corrected chi connectivity index (χ1v) is 12.3. The maximum absolute atomic E-state index is 14.4. The van der Waals surface area contributed by atoms with Gasteiger partial charge in [0.2, 0.25) is 5.69 Å². The van der Waals surface area contributed by atoms with Gasteiger partial charge < -0.3 is 4.90 Å². The van der Waals surface area contributed by atoms with Crippen molar-refractivity contribution in [3.8, 4) is 0 Å². The molecule has 2 nitrogen and oxygen atoms in total. The molecule has 0 radical (unpaired) electrons. The Morgan fingerprint density at radius 3 is 1.97 bits per heavy atom. The summed E-state index contributed by atoms with van der Waals surface area (Å²) in [5, 5.41) is 0. The Morgan fingerprint density at radius 1 is 0.821 bits per heavy atom. The number of fused-ring (bicyclic) bond motifs is 1. The van der Waals surface area contributed by atoms with Crippen molar-refractivity contribution in [3.05, 3.63) is 65.7 Å². The van der Waals surface area contributed by atoms with Crippen LogP contribution < -0.4 is 4.90 Å². The summed E-state index contributed by atoms with van der Waals surface area (Å²) in [6, 6.07) is 14.0. The second-order valence-corrected chi connectivity index (χ2v) is 10.1. The lowest BCUT2D eigenvalue weighted by Crippen LogP contribution is -2.61. The number of nitrogens with zero attached hydrogens (tertiary/aromatic N) is 2. The maximum Gasteiger partial charge on any atom is 0.460 e. The van der Waals surface area contributed by atoms with Crippen molar-refractivity contribution in [1.29, 1.82) is 0 Å². The second kappa shape index (κ2) is 10.5. The Morgan fingerprint density at radius 2 is 1.41 bits per heavy atom. The van der Waals surface area contributed by atoms with E-state index < -0.39 is 42.3 Å². The van der Waals surface area contributed by atoms with E-state index in [0.29, 0.717) is 17.0 Å². The molecule has 0 spiro atoms. The van der Waals surface area contributed by atoms with Crippen LogP contribution in [-0.2, 0) is 5.41 Å². The third-order valence-electron chi connectivity index (χ3n) is 6.98. The van der Waals surface area contributed by atoms with Crippen molar-refractivity contribution in [2.24, 2.45) is 0 Å².